The number of halogens is 1. The number of nitrogens with two attached hydrogens (primary N) is 1. The standard InChI is InChI=1S/C15H14ClNO2S/c1-19-15(18)13-8-12(6-7-14(13)17)20-9-10-2-4-11(16)5-3-10/h2-8H,9,17H2,1H3. The van der Waals surface area contributed by atoms with E-state index >= 15 is 0 Å². The van der Waals surface area contributed by atoms with Crippen LogP contribution in [0.3, 0.4) is 0 Å². The summed E-state index contributed by atoms with van der Waals surface area (Å²) in [6.07, 6.45) is 0. The van der Waals surface area contributed by atoms with Crippen molar-refractivity contribution in [1.82, 2.24) is 0 Å². The van der Waals surface area contributed by atoms with Gasteiger partial charge in [-0.3, -0.25) is 0 Å². The number of esters is 1. The lowest BCUT2D eigenvalue weighted by Crippen LogP contribution is -2.05. The van der Waals surface area contributed by atoms with Crippen molar-refractivity contribution in [2.45, 2.75) is 10.6 Å². The highest BCUT2D eigenvalue weighted by Crippen LogP contribution is 2.27. The molecule has 0 aromatic heterocycles. The third-order valence-corrected chi connectivity index (χ3v) is 4.07. The van der Waals surface area contributed by atoms with Crippen molar-refractivity contribution in [3.05, 3.63) is 58.6 Å². The highest BCUT2D eigenvalue weighted by Gasteiger charge is 2.10. The van der Waals surface area contributed by atoms with Gasteiger partial charge in [-0.1, -0.05) is 23.7 Å². The maximum absolute atomic E-state index is 11.6. The molecule has 0 unspecified atom stereocenters. The van der Waals surface area contributed by atoms with E-state index in [0.717, 1.165) is 21.2 Å². The molecule has 0 aliphatic carbocycles. The summed E-state index contributed by atoms with van der Waals surface area (Å²) in [5, 5.41) is 0.721. The second-order valence-corrected chi connectivity index (χ2v) is 5.64. The highest BCUT2D eigenvalue weighted by atomic mass is 35.5. The molecule has 0 spiro atoms. The molecule has 0 saturated carbocycles. The van der Waals surface area contributed by atoms with E-state index in [1.54, 1.807) is 23.9 Å². The molecular weight excluding hydrogens is 294 g/mol. The van der Waals surface area contributed by atoms with Crippen molar-refractivity contribution in [2.24, 2.45) is 0 Å². The van der Waals surface area contributed by atoms with E-state index in [1.165, 1.54) is 7.11 Å². The van der Waals surface area contributed by atoms with Gasteiger partial charge in [0.05, 0.1) is 12.7 Å². The Hall–Kier alpha value is -1.65. The SMILES string of the molecule is COC(=O)c1cc(SCc2ccc(Cl)cc2)ccc1N. The molecule has 0 bridgehead atoms. The van der Waals surface area contributed by atoms with Gasteiger partial charge in [0.15, 0.2) is 0 Å². The van der Waals surface area contributed by atoms with E-state index in [-0.39, 0.29) is 0 Å². The van der Waals surface area contributed by atoms with Crippen molar-refractivity contribution in [1.29, 1.82) is 0 Å². The molecule has 0 radical (unpaired) electrons. The average Bonchev–Trinajstić information content (AvgIpc) is 2.47. The van der Waals surface area contributed by atoms with Crippen molar-refractivity contribution in [3.8, 4) is 0 Å². The van der Waals surface area contributed by atoms with Crippen LogP contribution in [0.15, 0.2) is 47.4 Å². The molecule has 20 heavy (non-hydrogen) atoms. The number of rotatable bonds is 4. The highest BCUT2D eigenvalue weighted by molar-refractivity contribution is 7.98. The second kappa shape index (κ2) is 6.68. The molecule has 2 aromatic carbocycles. The molecule has 0 heterocycles. The van der Waals surface area contributed by atoms with Gasteiger partial charge in [-0.2, -0.15) is 0 Å². The van der Waals surface area contributed by atoms with Crippen molar-refractivity contribution in [2.75, 3.05) is 12.8 Å². The fourth-order valence-corrected chi connectivity index (χ4v) is 2.68. The van der Waals surface area contributed by atoms with Gasteiger partial charge in [-0.15, -0.1) is 11.8 Å². The Morgan fingerprint density at radius 3 is 2.60 bits per heavy atom. The number of nitrogen functional groups attached to an aromatic ring is 1. The van der Waals surface area contributed by atoms with E-state index < -0.39 is 5.97 Å². The van der Waals surface area contributed by atoms with Crippen LogP contribution in [-0.2, 0) is 10.5 Å². The number of hydrogen-bond donors (Lipinski definition) is 1. The van der Waals surface area contributed by atoms with Gasteiger partial charge >= 0.3 is 5.97 Å². The predicted octanol–water partition coefficient (Wildman–Crippen LogP) is 4.00. The van der Waals surface area contributed by atoms with Crippen LogP contribution in [0.4, 0.5) is 5.69 Å². The monoisotopic (exact) mass is 307 g/mol. The molecule has 2 aromatic rings. The van der Waals surface area contributed by atoms with Gasteiger partial charge in [0.1, 0.15) is 0 Å². The Morgan fingerprint density at radius 2 is 1.95 bits per heavy atom. The first-order valence-electron chi connectivity index (χ1n) is 5.95. The molecule has 104 valence electrons. The first kappa shape index (κ1) is 14.8. The van der Waals surface area contributed by atoms with Crippen LogP contribution in [0.2, 0.25) is 5.02 Å². The quantitative estimate of drug-likeness (QED) is 0.527. The van der Waals surface area contributed by atoms with Crippen molar-refractivity contribution in [3.63, 3.8) is 0 Å². The maximum atomic E-state index is 11.6. The molecular formula is C15H14ClNO2S. The largest absolute Gasteiger partial charge is 0.465 e. The lowest BCUT2D eigenvalue weighted by atomic mass is 10.2. The van der Waals surface area contributed by atoms with E-state index in [2.05, 4.69) is 0 Å². The minimum atomic E-state index is -0.420. The van der Waals surface area contributed by atoms with Gasteiger partial charge in [-0.05, 0) is 35.9 Å². The summed E-state index contributed by atoms with van der Waals surface area (Å²) in [4.78, 5) is 12.5. The van der Waals surface area contributed by atoms with Gasteiger partial charge in [0, 0.05) is 21.4 Å². The topological polar surface area (TPSA) is 52.3 Å². The number of hydrogen-bond acceptors (Lipinski definition) is 4. The number of ether oxygens (including phenoxy) is 1. The van der Waals surface area contributed by atoms with E-state index in [0.29, 0.717) is 11.3 Å². The summed E-state index contributed by atoms with van der Waals surface area (Å²) < 4.78 is 4.71. The Kier molecular flexibility index (Phi) is 4.93. The van der Waals surface area contributed by atoms with Crippen molar-refractivity contribution >= 4 is 35.0 Å². The minimum absolute atomic E-state index is 0.397. The zero-order chi connectivity index (χ0) is 14.5. The zero-order valence-corrected chi connectivity index (χ0v) is 12.5. The summed E-state index contributed by atoms with van der Waals surface area (Å²) in [5.41, 5.74) is 7.75. The van der Waals surface area contributed by atoms with Crippen LogP contribution in [-0.4, -0.2) is 13.1 Å². The Balaban J connectivity index is 2.10. The molecule has 5 heteroatoms. The number of carbonyl (C=O) groups is 1. The molecule has 0 amide bonds. The van der Waals surface area contributed by atoms with E-state index in [1.807, 2.05) is 30.3 Å². The molecule has 0 aliphatic rings. The van der Waals surface area contributed by atoms with Crippen LogP contribution in [0.5, 0.6) is 0 Å². The first-order valence-corrected chi connectivity index (χ1v) is 7.31. The Labute approximate surface area is 127 Å². The molecule has 0 aliphatic heterocycles. The van der Waals surface area contributed by atoms with E-state index in [4.69, 9.17) is 22.1 Å². The molecule has 0 fully saturated rings. The summed E-state index contributed by atoms with van der Waals surface area (Å²) in [5.74, 6) is 0.373. The predicted molar refractivity (Wildman–Crippen MR) is 83.2 cm³/mol. The fourth-order valence-electron chi connectivity index (χ4n) is 1.66. The molecule has 3 nitrogen and oxygen atoms in total. The van der Waals surface area contributed by atoms with Crippen LogP contribution in [0.1, 0.15) is 15.9 Å². The smallest absolute Gasteiger partial charge is 0.339 e. The molecule has 0 atom stereocenters. The van der Waals surface area contributed by atoms with Gasteiger partial charge in [0.25, 0.3) is 0 Å². The summed E-state index contributed by atoms with van der Waals surface area (Å²) in [7, 11) is 1.34. The van der Waals surface area contributed by atoms with Crippen LogP contribution < -0.4 is 5.73 Å². The maximum Gasteiger partial charge on any atom is 0.339 e. The number of carbonyl (C=O) groups excluding carboxylic acids is 1. The lowest BCUT2D eigenvalue weighted by molar-refractivity contribution is 0.0601. The fraction of sp³-hybridized carbons (Fsp3) is 0.133. The normalized spacial score (nSPS) is 10.3. The van der Waals surface area contributed by atoms with Gasteiger partial charge < -0.3 is 10.5 Å². The minimum Gasteiger partial charge on any atom is -0.465 e. The Morgan fingerprint density at radius 1 is 1.25 bits per heavy atom. The van der Waals surface area contributed by atoms with Gasteiger partial charge in [-0.25, -0.2) is 4.79 Å². The number of methoxy groups -OCH3 is 1. The van der Waals surface area contributed by atoms with Crippen molar-refractivity contribution < 1.29 is 9.53 Å². The Bertz CT molecular complexity index is 614. The summed E-state index contributed by atoms with van der Waals surface area (Å²) in [6, 6.07) is 13.0. The first-order chi connectivity index (χ1) is 9.60. The summed E-state index contributed by atoms with van der Waals surface area (Å²) >= 11 is 7.47. The number of thioether (sulfide) groups is 1. The number of benzene rings is 2. The number of anilines is 1. The lowest BCUT2D eigenvalue weighted by Gasteiger charge is -2.07. The van der Waals surface area contributed by atoms with Crippen LogP contribution in [0, 0.1) is 0 Å². The van der Waals surface area contributed by atoms with E-state index in [9.17, 15) is 4.79 Å². The zero-order valence-electron chi connectivity index (χ0n) is 10.9. The van der Waals surface area contributed by atoms with Crippen LogP contribution in [0.25, 0.3) is 0 Å². The molecule has 2 rings (SSSR count). The molecule has 2 N–H and O–H groups in total. The third kappa shape index (κ3) is 3.68. The molecule has 0 saturated heterocycles. The van der Waals surface area contributed by atoms with Gasteiger partial charge in [0.2, 0.25) is 0 Å². The second-order valence-electron chi connectivity index (χ2n) is 4.16. The summed E-state index contributed by atoms with van der Waals surface area (Å²) in [6.45, 7) is 0. The average molecular weight is 308 g/mol. The van der Waals surface area contributed by atoms with Crippen LogP contribution >= 0.6 is 23.4 Å². The third-order valence-electron chi connectivity index (χ3n) is 2.75.